The summed E-state index contributed by atoms with van der Waals surface area (Å²) < 4.78 is 40.8. The molecule has 0 fully saturated rings. The van der Waals surface area contributed by atoms with E-state index in [0.29, 0.717) is 18.7 Å². The number of hydrogen-bond donors (Lipinski definition) is 2. The molecule has 7 heteroatoms. The zero-order valence-corrected chi connectivity index (χ0v) is 16.0. The lowest BCUT2D eigenvalue weighted by Gasteiger charge is -2.12. The van der Waals surface area contributed by atoms with E-state index in [9.17, 15) is 18.0 Å². The van der Waals surface area contributed by atoms with E-state index < -0.39 is 17.6 Å². The monoisotopic (exact) mass is 401 g/mol. The minimum Gasteiger partial charge on any atom is -0.344 e. The van der Waals surface area contributed by atoms with Crippen molar-refractivity contribution in [3.63, 3.8) is 0 Å². The summed E-state index contributed by atoms with van der Waals surface area (Å²) in [5, 5.41) is 2.58. The minimum absolute atomic E-state index is 0.0974. The molecule has 0 radical (unpaired) electrons. The Hall–Kier alpha value is -3.06. The number of hydrogen-bond acceptors (Lipinski definition) is 2. The van der Waals surface area contributed by atoms with Gasteiger partial charge in [0.15, 0.2) is 0 Å². The number of alkyl halides is 3. The van der Waals surface area contributed by atoms with Crippen LogP contribution in [0.3, 0.4) is 0 Å². The molecule has 4 nitrogen and oxygen atoms in total. The Kier molecular flexibility index (Phi) is 6.08. The van der Waals surface area contributed by atoms with Crippen molar-refractivity contribution in [2.24, 2.45) is 5.73 Å². The van der Waals surface area contributed by atoms with Crippen molar-refractivity contribution < 1.29 is 18.0 Å². The van der Waals surface area contributed by atoms with Gasteiger partial charge in [-0.2, -0.15) is 13.2 Å². The second kappa shape index (κ2) is 8.53. The summed E-state index contributed by atoms with van der Waals surface area (Å²) in [5.74, 6) is -0.453. The number of carbonyl (C=O) groups excluding carboxylic acids is 1. The van der Waals surface area contributed by atoms with E-state index in [0.717, 1.165) is 35.5 Å². The number of benzene rings is 2. The summed E-state index contributed by atoms with van der Waals surface area (Å²) in [5.41, 5.74) is 7.91. The van der Waals surface area contributed by atoms with Crippen molar-refractivity contribution >= 4 is 11.6 Å². The van der Waals surface area contributed by atoms with E-state index in [2.05, 4.69) is 5.32 Å². The molecular weight excluding hydrogens is 379 g/mol. The molecule has 0 atom stereocenters. The van der Waals surface area contributed by atoms with Crippen molar-refractivity contribution in [3.8, 4) is 11.3 Å². The first-order chi connectivity index (χ1) is 13.8. The van der Waals surface area contributed by atoms with Gasteiger partial charge in [0.1, 0.15) is 0 Å². The third-order valence-corrected chi connectivity index (χ3v) is 4.71. The molecule has 0 spiro atoms. The van der Waals surface area contributed by atoms with E-state index in [1.54, 1.807) is 6.07 Å². The average Bonchev–Trinajstić information content (AvgIpc) is 3.03. The highest BCUT2D eigenvalue weighted by molar-refractivity contribution is 6.06. The van der Waals surface area contributed by atoms with Gasteiger partial charge in [-0.15, -0.1) is 0 Å². The molecule has 1 heterocycles. The number of nitrogens with two attached hydrogens (primary N) is 1. The largest absolute Gasteiger partial charge is 0.416 e. The summed E-state index contributed by atoms with van der Waals surface area (Å²) in [7, 11) is 0. The van der Waals surface area contributed by atoms with Gasteiger partial charge in [0.25, 0.3) is 5.91 Å². The summed E-state index contributed by atoms with van der Waals surface area (Å²) in [6, 6.07) is 16.0. The van der Waals surface area contributed by atoms with Gasteiger partial charge < -0.3 is 15.6 Å². The lowest BCUT2D eigenvalue weighted by Crippen LogP contribution is -2.15. The minimum atomic E-state index is -4.47. The van der Waals surface area contributed by atoms with Crippen LogP contribution in [0.25, 0.3) is 11.3 Å². The fourth-order valence-electron chi connectivity index (χ4n) is 3.23. The van der Waals surface area contributed by atoms with Gasteiger partial charge in [0, 0.05) is 23.6 Å². The number of rotatable bonds is 6. The predicted molar refractivity (Wildman–Crippen MR) is 108 cm³/mol. The summed E-state index contributed by atoms with van der Waals surface area (Å²) in [6.07, 6.45) is -3.73. The third kappa shape index (κ3) is 4.68. The van der Waals surface area contributed by atoms with Crippen LogP contribution < -0.4 is 11.1 Å². The Morgan fingerprint density at radius 2 is 1.79 bits per heavy atom. The molecule has 3 rings (SSSR count). The number of nitrogens with one attached hydrogen (secondary N) is 1. The van der Waals surface area contributed by atoms with Crippen LogP contribution in [-0.4, -0.2) is 17.0 Å². The van der Waals surface area contributed by atoms with Crippen LogP contribution in [0.15, 0.2) is 60.7 Å². The summed E-state index contributed by atoms with van der Waals surface area (Å²) in [6.45, 7) is 2.98. The maximum Gasteiger partial charge on any atom is 0.416 e. The fourth-order valence-corrected chi connectivity index (χ4v) is 3.23. The number of aromatic nitrogens is 1. The van der Waals surface area contributed by atoms with Gasteiger partial charge in [0.05, 0.1) is 11.1 Å². The third-order valence-electron chi connectivity index (χ3n) is 4.71. The molecule has 3 N–H and O–H groups in total. The van der Waals surface area contributed by atoms with Crippen LogP contribution in [0.5, 0.6) is 0 Å². The molecule has 29 heavy (non-hydrogen) atoms. The van der Waals surface area contributed by atoms with Crippen LogP contribution in [0, 0.1) is 6.92 Å². The first-order valence-electron chi connectivity index (χ1n) is 9.25. The lowest BCUT2D eigenvalue weighted by molar-refractivity contribution is -0.137. The maximum absolute atomic E-state index is 12.9. The van der Waals surface area contributed by atoms with Crippen LogP contribution in [0.1, 0.15) is 28.0 Å². The van der Waals surface area contributed by atoms with Gasteiger partial charge in [-0.3, -0.25) is 4.79 Å². The molecule has 0 saturated carbocycles. The molecule has 0 bridgehead atoms. The molecule has 1 amide bonds. The quantitative estimate of drug-likeness (QED) is 0.605. The van der Waals surface area contributed by atoms with Crippen molar-refractivity contribution in [1.82, 2.24) is 4.57 Å². The molecular formula is C22H22F3N3O. The SMILES string of the molecule is Cc1c(C(=O)Nc2cccc(C(F)(F)F)c2)cc(-c2ccccc2)n1CCCN. The first kappa shape index (κ1) is 20.7. The second-order valence-electron chi connectivity index (χ2n) is 6.72. The molecule has 3 aromatic rings. The van der Waals surface area contributed by atoms with Crippen molar-refractivity contribution in [2.75, 3.05) is 11.9 Å². The van der Waals surface area contributed by atoms with E-state index >= 15 is 0 Å². The zero-order valence-electron chi connectivity index (χ0n) is 16.0. The highest BCUT2D eigenvalue weighted by atomic mass is 19.4. The molecule has 1 aromatic heterocycles. The van der Waals surface area contributed by atoms with Crippen molar-refractivity contribution in [2.45, 2.75) is 26.1 Å². The van der Waals surface area contributed by atoms with Gasteiger partial charge >= 0.3 is 6.18 Å². The smallest absolute Gasteiger partial charge is 0.344 e. The molecule has 0 aliphatic heterocycles. The first-order valence-corrected chi connectivity index (χ1v) is 9.25. The number of amides is 1. The fraction of sp³-hybridized carbons (Fsp3) is 0.227. The van der Waals surface area contributed by atoms with E-state index in [1.807, 2.05) is 41.8 Å². The Labute approximate surface area is 167 Å². The average molecular weight is 401 g/mol. The Morgan fingerprint density at radius 1 is 1.07 bits per heavy atom. The Bertz CT molecular complexity index is 994. The van der Waals surface area contributed by atoms with Gasteiger partial charge in [-0.05, 0) is 49.7 Å². The van der Waals surface area contributed by atoms with E-state index in [-0.39, 0.29) is 5.69 Å². The molecule has 152 valence electrons. The van der Waals surface area contributed by atoms with Crippen LogP contribution >= 0.6 is 0 Å². The van der Waals surface area contributed by atoms with Gasteiger partial charge in [0.2, 0.25) is 0 Å². The van der Waals surface area contributed by atoms with Gasteiger partial charge in [-0.1, -0.05) is 36.4 Å². The molecule has 0 unspecified atom stereocenters. The molecule has 0 aliphatic carbocycles. The maximum atomic E-state index is 12.9. The number of carbonyl (C=O) groups is 1. The normalized spacial score (nSPS) is 11.5. The Morgan fingerprint density at radius 3 is 2.45 bits per heavy atom. The van der Waals surface area contributed by atoms with Crippen molar-refractivity contribution in [3.05, 3.63) is 77.5 Å². The Balaban J connectivity index is 1.94. The highest BCUT2D eigenvalue weighted by Gasteiger charge is 2.30. The summed E-state index contributed by atoms with van der Waals surface area (Å²) in [4.78, 5) is 12.8. The number of anilines is 1. The van der Waals surface area contributed by atoms with Gasteiger partial charge in [-0.25, -0.2) is 0 Å². The highest BCUT2D eigenvalue weighted by Crippen LogP contribution is 2.31. The van der Waals surface area contributed by atoms with Crippen LogP contribution in [0.4, 0.5) is 18.9 Å². The topological polar surface area (TPSA) is 60.0 Å². The van der Waals surface area contributed by atoms with E-state index in [4.69, 9.17) is 5.73 Å². The molecule has 2 aromatic carbocycles. The summed E-state index contributed by atoms with van der Waals surface area (Å²) >= 11 is 0. The van der Waals surface area contributed by atoms with Crippen molar-refractivity contribution in [1.29, 1.82) is 0 Å². The molecule has 0 aliphatic rings. The molecule has 0 saturated heterocycles. The predicted octanol–water partition coefficient (Wildman–Crippen LogP) is 5.08. The van der Waals surface area contributed by atoms with Crippen LogP contribution in [-0.2, 0) is 12.7 Å². The van der Waals surface area contributed by atoms with E-state index in [1.165, 1.54) is 12.1 Å². The number of nitrogens with zero attached hydrogens (tertiary/aromatic N) is 1. The zero-order chi connectivity index (χ0) is 21.0. The standard InChI is InChI=1S/C22H22F3N3O/c1-15-19(21(29)27-18-10-5-9-17(13-18)22(23,24)25)14-20(28(15)12-6-11-26)16-7-3-2-4-8-16/h2-5,7-10,13-14H,6,11-12,26H2,1H3,(H,27,29). The van der Waals surface area contributed by atoms with Crippen LogP contribution in [0.2, 0.25) is 0 Å². The second-order valence-corrected chi connectivity index (χ2v) is 6.72. The lowest BCUT2D eigenvalue weighted by atomic mass is 10.1. The number of halogens is 3.